The molecule has 0 radical (unpaired) electrons. The molecule has 0 spiro atoms. The number of urea groups is 1. The highest BCUT2D eigenvalue weighted by Crippen LogP contribution is 2.05. The quantitative estimate of drug-likeness (QED) is 0.737. The predicted octanol–water partition coefficient (Wildman–Crippen LogP) is 0.562. The van der Waals surface area contributed by atoms with Crippen LogP contribution in [0.2, 0.25) is 0 Å². The van der Waals surface area contributed by atoms with E-state index in [4.69, 9.17) is 0 Å². The normalized spacial score (nSPS) is 18.2. The minimum Gasteiger partial charge on any atom is -0.354 e. The molecule has 0 aromatic rings. The second-order valence-electron chi connectivity index (χ2n) is 4.59. The third-order valence-electron chi connectivity index (χ3n) is 2.64. The summed E-state index contributed by atoms with van der Waals surface area (Å²) in [6.07, 6.45) is 0.896. The van der Waals surface area contributed by atoms with Gasteiger partial charge in [0.1, 0.15) is 6.04 Å². The van der Waals surface area contributed by atoms with Crippen LogP contribution in [0.5, 0.6) is 0 Å². The van der Waals surface area contributed by atoms with E-state index in [1.54, 1.807) is 11.8 Å². The monoisotopic (exact) mass is 227 g/mol. The van der Waals surface area contributed by atoms with E-state index in [-0.39, 0.29) is 18.0 Å². The lowest BCUT2D eigenvalue weighted by Crippen LogP contribution is -2.55. The molecule has 1 rings (SSSR count). The molecule has 1 aliphatic heterocycles. The maximum Gasteiger partial charge on any atom is 0.318 e. The van der Waals surface area contributed by atoms with Gasteiger partial charge in [0, 0.05) is 19.6 Å². The summed E-state index contributed by atoms with van der Waals surface area (Å²) < 4.78 is 0. The Bertz CT molecular complexity index is 266. The smallest absolute Gasteiger partial charge is 0.318 e. The largest absolute Gasteiger partial charge is 0.354 e. The Labute approximate surface area is 96.6 Å². The van der Waals surface area contributed by atoms with Gasteiger partial charge in [-0.1, -0.05) is 13.8 Å². The van der Waals surface area contributed by atoms with Crippen LogP contribution < -0.4 is 10.6 Å². The summed E-state index contributed by atoms with van der Waals surface area (Å²) in [4.78, 5) is 24.9. The van der Waals surface area contributed by atoms with Crippen molar-refractivity contribution in [3.63, 3.8) is 0 Å². The van der Waals surface area contributed by atoms with Gasteiger partial charge in [0.25, 0.3) is 0 Å². The summed E-state index contributed by atoms with van der Waals surface area (Å²) in [6, 6.07) is -0.530. The summed E-state index contributed by atoms with van der Waals surface area (Å²) in [7, 11) is 0. The number of rotatable bonds is 4. The maximum absolute atomic E-state index is 11.8. The minimum absolute atomic E-state index is 0.0780. The lowest BCUT2D eigenvalue weighted by atomic mass is 10.2. The average Bonchev–Trinajstić information content (AvgIpc) is 2.25. The summed E-state index contributed by atoms with van der Waals surface area (Å²) >= 11 is 0. The molecule has 3 amide bonds. The van der Waals surface area contributed by atoms with E-state index >= 15 is 0 Å². The van der Waals surface area contributed by atoms with Gasteiger partial charge in [-0.2, -0.15) is 0 Å². The van der Waals surface area contributed by atoms with Gasteiger partial charge in [-0.15, -0.1) is 0 Å². The Morgan fingerprint density at radius 1 is 1.50 bits per heavy atom. The molecule has 5 nitrogen and oxygen atoms in total. The highest BCUT2D eigenvalue weighted by molar-refractivity contribution is 5.87. The summed E-state index contributed by atoms with van der Waals surface area (Å²) in [5.74, 6) is 0.345. The first-order valence-corrected chi connectivity index (χ1v) is 5.84. The van der Waals surface area contributed by atoms with Crippen LogP contribution in [0.15, 0.2) is 0 Å². The van der Waals surface area contributed by atoms with Crippen molar-refractivity contribution in [3.05, 3.63) is 0 Å². The fraction of sp³-hybridized carbons (Fsp3) is 0.818. The fourth-order valence-electron chi connectivity index (χ4n) is 1.61. The first-order valence-electron chi connectivity index (χ1n) is 5.84. The number of amides is 3. The van der Waals surface area contributed by atoms with Gasteiger partial charge < -0.3 is 15.5 Å². The second kappa shape index (κ2) is 5.72. The van der Waals surface area contributed by atoms with Crippen molar-refractivity contribution in [2.45, 2.75) is 33.2 Å². The van der Waals surface area contributed by atoms with Crippen LogP contribution in [0.25, 0.3) is 0 Å². The zero-order valence-electron chi connectivity index (χ0n) is 10.2. The number of carbonyl (C=O) groups is 2. The molecule has 0 aromatic heterocycles. The van der Waals surface area contributed by atoms with E-state index in [0.29, 0.717) is 25.6 Å². The van der Waals surface area contributed by atoms with Crippen molar-refractivity contribution < 1.29 is 9.59 Å². The van der Waals surface area contributed by atoms with E-state index in [2.05, 4.69) is 10.6 Å². The molecular weight excluding hydrogens is 206 g/mol. The second-order valence-corrected chi connectivity index (χ2v) is 4.59. The predicted molar refractivity (Wildman–Crippen MR) is 62.0 cm³/mol. The number of nitrogens with zero attached hydrogens (tertiary/aromatic N) is 1. The van der Waals surface area contributed by atoms with Crippen molar-refractivity contribution in [1.82, 2.24) is 15.5 Å². The molecule has 2 N–H and O–H groups in total. The minimum atomic E-state index is -0.390. The molecule has 0 bridgehead atoms. The molecule has 1 saturated heterocycles. The lowest BCUT2D eigenvalue weighted by molar-refractivity contribution is -0.125. The van der Waals surface area contributed by atoms with Gasteiger partial charge in [0.15, 0.2) is 0 Å². The maximum atomic E-state index is 11.8. The molecular formula is C11H21N3O2. The van der Waals surface area contributed by atoms with Crippen molar-refractivity contribution in [2.24, 2.45) is 5.92 Å². The molecule has 1 aliphatic rings. The van der Waals surface area contributed by atoms with Gasteiger partial charge in [-0.3, -0.25) is 4.79 Å². The standard InChI is InChI=1S/C11H21N3O2/c1-8(2)7-13-10(15)9(3)14-6-4-5-12-11(14)16/h8-9H,4-7H2,1-3H3,(H,12,16)(H,13,15). The molecule has 16 heavy (non-hydrogen) atoms. The van der Waals surface area contributed by atoms with E-state index in [1.165, 1.54) is 0 Å². The van der Waals surface area contributed by atoms with Gasteiger partial charge >= 0.3 is 6.03 Å². The SMILES string of the molecule is CC(C)CNC(=O)C(C)N1CCCNC1=O. The van der Waals surface area contributed by atoms with Crippen LogP contribution in [-0.4, -0.2) is 42.5 Å². The highest BCUT2D eigenvalue weighted by Gasteiger charge is 2.27. The molecule has 1 unspecified atom stereocenters. The first kappa shape index (κ1) is 12.8. The van der Waals surface area contributed by atoms with Gasteiger partial charge in [-0.25, -0.2) is 4.79 Å². The summed E-state index contributed by atoms with van der Waals surface area (Å²) in [5, 5.41) is 5.58. The lowest BCUT2D eigenvalue weighted by Gasteiger charge is -2.32. The molecule has 92 valence electrons. The molecule has 1 heterocycles. The molecule has 0 aliphatic carbocycles. The van der Waals surface area contributed by atoms with Crippen LogP contribution in [0, 0.1) is 5.92 Å². The Kier molecular flexibility index (Phi) is 4.58. The first-order chi connectivity index (χ1) is 7.52. The molecule has 5 heteroatoms. The molecule has 1 atom stereocenters. The van der Waals surface area contributed by atoms with Gasteiger partial charge in [0.2, 0.25) is 5.91 Å². The van der Waals surface area contributed by atoms with Crippen LogP contribution >= 0.6 is 0 Å². The van der Waals surface area contributed by atoms with E-state index in [0.717, 1.165) is 6.42 Å². The molecule has 0 aromatic carbocycles. The molecule has 0 saturated carbocycles. The summed E-state index contributed by atoms with van der Waals surface area (Å²) in [5.41, 5.74) is 0. The van der Waals surface area contributed by atoms with E-state index in [9.17, 15) is 9.59 Å². The van der Waals surface area contributed by atoms with Crippen LogP contribution in [0.1, 0.15) is 27.2 Å². The third-order valence-corrected chi connectivity index (χ3v) is 2.64. The molecule has 1 fully saturated rings. The van der Waals surface area contributed by atoms with Crippen molar-refractivity contribution in [2.75, 3.05) is 19.6 Å². The van der Waals surface area contributed by atoms with Crippen molar-refractivity contribution in [3.8, 4) is 0 Å². The van der Waals surface area contributed by atoms with Crippen molar-refractivity contribution >= 4 is 11.9 Å². The summed E-state index contributed by atoms with van der Waals surface area (Å²) in [6.45, 7) is 7.86. The van der Waals surface area contributed by atoms with E-state index in [1.807, 2.05) is 13.8 Å². The van der Waals surface area contributed by atoms with Crippen molar-refractivity contribution in [1.29, 1.82) is 0 Å². The topological polar surface area (TPSA) is 61.4 Å². The zero-order chi connectivity index (χ0) is 12.1. The Hall–Kier alpha value is -1.26. The number of carbonyl (C=O) groups excluding carboxylic acids is 2. The number of hydrogen-bond acceptors (Lipinski definition) is 2. The Balaban J connectivity index is 2.45. The fourth-order valence-corrected chi connectivity index (χ4v) is 1.61. The Morgan fingerprint density at radius 2 is 2.19 bits per heavy atom. The van der Waals surface area contributed by atoms with Crippen LogP contribution in [0.3, 0.4) is 0 Å². The van der Waals surface area contributed by atoms with E-state index < -0.39 is 0 Å². The van der Waals surface area contributed by atoms with Crippen LogP contribution in [-0.2, 0) is 4.79 Å². The van der Waals surface area contributed by atoms with Gasteiger partial charge in [0.05, 0.1) is 0 Å². The number of nitrogens with one attached hydrogen (secondary N) is 2. The third kappa shape index (κ3) is 3.40. The average molecular weight is 227 g/mol. The van der Waals surface area contributed by atoms with Crippen LogP contribution in [0.4, 0.5) is 4.79 Å². The Morgan fingerprint density at radius 3 is 2.75 bits per heavy atom. The number of hydrogen-bond donors (Lipinski definition) is 2. The zero-order valence-corrected chi connectivity index (χ0v) is 10.2. The van der Waals surface area contributed by atoms with Gasteiger partial charge in [-0.05, 0) is 19.3 Å². The highest BCUT2D eigenvalue weighted by atomic mass is 16.2.